The van der Waals surface area contributed by atoms with Gasteiger partial charge in [-0.25, -0.2) is 4.39 Å². The maximum Gasteiger partial charge on any atom is 0.193 e. The van der Waals surface area contributed by atoms with Crippen molar-refractivity contribution < 1.29 is 8.81 Å². The number of halogens is 1. The van der Waals surface area contributed by atoms with Gasteiger partial charge in [-0.15, -0.1) is 0 Å². The summed E-state index contributed by atoms with van der Waals surface area (Å²) in [4.78, 5) is 12.5. The lowest BCUT2D eigenvalue weighted by Crippen LogP contribution is -2.05. The first-order valence-electron chi connectivity index (χ1n) is 8.38. The largest absolute Gasteiger partial charge is 0.456 e. The highest BCUT2D eigenvalue weighted by atomic mass is 19.1. The Morgan fingerprint density at radius 2 is 1.88 bits per heavy atom. The highest BCUT2D eigenvalue weighted by Crippen LogP contribution is 2.28. The molecule has 1 heterocycles. The molecule has 0 N–H and O–H groups in total. The van der Waals surface area contributed by atoms with Crippen LogP contribution in [0.4, 0.5) is 4.39 Å². The summed E-state index contributed by atoms with van der Waals surface area (Å²) in [5.74, 6) is 0.148. The third-order valence-corrected chi connectivity index (χ3v) is 4.39. The molecule has 0 saturated carbocycles. The summed E-state index contributed by atoms with van der Waals surface area (Å²) in [5, 5.41) is 0.288. The van der Waals surface area contributed by atoms with Crippen molar-refractivity contribution in [2.75, 3.05) is 0 Å². The van der Waals surface area contributed by atoms with Crippen molar-refractivity contribution in [1.82, 2.24) is 0 Å². The van der Waals surface area contributed by atoms with Crippen LogP contribution in [0.2, 0.25) is 0 Å². The minimum atomic E-state index is -0.413. The topological polar surface area (TPSA) is 30.2 Å². The summed E-state index contributed by atoms with van der Waals surface area (Å²) < 4.78 is 19.9. The molecular weight excluding hydrogens is 315 g/mol. The molecule has 3 aromatic rings. The van der Waals surface area contributed by atoms with E-state index in [2.05, 4.69) is 0 Å². The summed E-state index contributed by atoms with van der Waals surface area (Å²) >= 11 is 0. The van der Waals surface area contributed by atoms with E-state index in [1.165, 1.54) is 18.2 Å². The number of hydrogen-bond donors (Lipinski definition) is 0. The Balaban J connectivity index is 2.21. The number of fused-ring (bicyclic) bond motifs is 1. The number of hydrogen-bond acceptors (Lipinski definition) is 2. The van der Waals surface area contributed by atoms with E-state index in [9.17, 15) is 9.18 Å². The Morgan fingerprint density at radius 3 is 2.56 bits per heavy atom. The van der Waals surface area contributed by atoms with Crippen LogP contribution < -0.4 is 5.43 Å². The summed E-state index contributed by atoms with van der Waals surface area (Å²) in [6.07, 6.45) is 2.00. The summed E-state index contributed by atoms with van der Waals surface area (Å²) in [6, 6.07) is 12.2. The number of rotatable bonds is 3. The van der Waals surface area contributed by atoms with Crippen LogP contribution in [0.3, 0.4) is 0 Å². The van der Waals surface area contributed by atoms with E-state index in [0.717, 1.165) is 16.7 Å². The van der Waals surface area contributed by atoms with Crippen LogP contribution in [0, 0.1) is 12.7 Å². The highest BCUT2D eigenvalue weighted by molar-refractivity contribution is 5.84. The van der Waals surface area contributed by atoms with E-state index >= 15 is 0 Å². The molecule has 0 aliphatic rings. The van der Waals surface area contributed by atoms with Crippen LogP contribution in [0.5, 0.6) is 0 Å². The van der Waals surface area contributed by atoms with Gasteiger partial charge in [0.1, 0.15) is 17.2 Å². The summed E-state index contributed by atoms with van der Waals surface area (Å²) in [5.41, 5.74) is 4.03. The lowest BCUT2D eigenvalue weighted by molar-refractivity contribution is 0.572. The molecule has 0 aliphatic carbocycles. The molecule has 0 unspecified atom stereocenters. The second-order valence-corrected chi connectivity index (χ2v) is 6.69. The van der Waals surface area contributed by atoms with Gasteiger partial charge in [0.2, 0.25) is 0 Å². The molecule has 2 aromatic carbocycles. The zero-order chi connectivity index (χ0) is 18.1. The van der Waals surface area contributed by atoms with Crippen LogP contribution in [-0.4, -0.2) is 0 Å². The minimum Gasteiger partial charge on any atom is -0.456 e. The second-order valence-electron chi connectivity index (χ2n) is 6.69. The van der Waals surface area contributed by atoms with E-state index < -0.39 is 5.82 Å². The predicted octanol–water partition coefficient (Wildman–Crippen LogP) is 5.92. The standard InChI is InChI=1S/C22H21FO2/c1-13(2)18-10-17(23)11-19-20(24)12-21(25-22(18)19)15(4)9-16-8-6-5-7-14(16)3/h5-13H,1-4H3/b15-9+. The van der Waals surface area contributed by atoms with Crippen LogP contribution in [0.1, 0.15) is 49.1 Å². The molecule has 0 atom stereocenters. The Hall–Kier alpha value is -2.68. The molecule has 1 aromatic heterocycles. The van der Waals surface area contributed by atoms with Gasteiger partial charge in [-0.2, -0.15) is 0 Å². The van der Waals surface area contributed by atoms with Gasteiger partial charge in [-0.3, -0.25) is 4.79 Å². The second kappa shape index (κ2) is 6.67. The molecule has 3 rings (SSSR count). The highest BCUT2D eigenvalue weighted by Gasteiger charge is 2.14. The molecule has 0 radical (unpaired) electrons. The first-order valence-corrected chi connectivity index (χ1v) is 8.38. The quantitative estimate of drug-likeness (QED) is 0.594. The van der Waals surface area contributed by atoms with E-state index in [4.69, 9.17) is 4.42 Å². The molecule has 0 aliphatic heterocycles. The first kappa shape index (κ1) is 17.2. The molecule has 25 heavy (non-hydrogen) atoms. The number of benzene rings is 2. The molecule has 0 amide bonds. The molecule has 0 fully saturated rings. The van der Waals surface area contributed by atoms with Crippen LogP contribution in [-0.2, 0) is 0 Å². The molecule has 0 saturated heterocycles. The zero-order valence-corrected chi connectivity index (χ0v) is 14.9. The van der Waals surface area contributed by atoms with E-state index in [1.54, 1.807) is 0 Å². The predicted molar refractivity (Wildman–Crippen MR) is 101 cm³/mol. The van der Waals surface area contributed by atoms with Gasteiger partial charge >= 0.3 is 0 Å². The molecule has 0 spiro atoms. The van der Waals surface area contributed by atoms with Gasteiger partial charge in [0.05, 0.1) is 5.39 Å². The van der Waals surface area contributed by atoms with Gasteiger partial charge in [-0.1, -0.05) is 38.1 Å². The van der Waals surface area contributed by atoms with Gasteiger partial charge in [0, 0.05) is 11.6 Å². The van der Waals surface area contributed by atoms with Crippen molar-refractivity contribution in [2.24, 2.45) is 0 Å². The Labute approximate surface area is 146 Å². The molecule has 128 valence electrons. The Bertz CT molecular complexity index is 1030. The lowest BCUT2D eigenvalue weighted by atomic mass is 9.99. The van der Waals surface area contributed by atoms with Crippen LogP contribution in [0.15, 0.2) is 51.7 Å². The monoisotopic (exact) mass is 336 g/mol. The van der Waals surface area contributed by atoms with E-state index in [0.29, 0.717) is 16.9 Å². The fourth-order valence-corrected chi connectivity index (χ4v) is 2.92. The Kier molecular flexibility index (Phi) is 4.58. The molecular formula is C22H21FO2. The lowest BCUT2D eigenvalue weighted by Gasteiger charge is -2.11. The summed E-state index contributed by atoms with van der Waals surface area (Å²) in [7, 11) is 0. The average Bonchev–Trinajstić information content (AvgIpc) is 2.56. The maximum atomic E-state index is 13.8. The van der Waals surface area contributed by atoms with Gasteiger partial charge in [0.15, 0.2) is 5.43 Å². The van der Waals surface area contributed by atoms with Crippen LogP contribution in [0.25, 0.3) is 22.6 Å². The fourth-order valence-electron chi connectivity index (χ4n) is 2.92. The minimum absolute atomic E-state index is 0.0530. The van der Waals surface area contributed by atoms with Crippen molar-refractivity contribution in [3.05, 3.63) is 81.0 Å². The number of allylic oxidation sites excluding steroid dienone is 1. The van der Waals surface area contributed by atoms with Crippen LogP contribution >= 0.6 is 0 Å². The fraction of sp³-hybridized carbons (Fsp3) is 0.227. The van der Waals surface area contributed by atoms with E-state index in [1.807, 2.05) is 58.0 Å². The van der Waals surface area contributed by atoms with Gasteiger partial charge in [0.25, 0.3) is 0 Å². The Morgan fingerprint density at radius 1 is 1.16 bits per heavy atom. The molecule has 0 bridgehead atoms. The van der Waals surface area contributed by atoms with Gasteiger partial charge < -0.3 is 4.42 Å². The van der Waals surface area contributed by atoms with E-state index in [-0.39, 0.29) is 16.7 Å². The van der Waals surface area contributed by atoms with Crippen molar-refractivity contribution in [1.29, 1.82) is 0 Å². The maximum absolute atomic E-state index is 13.8. The normalized spacial score (nSPS) is 12.2. The molecule has 2 nitrogen and oxygen atoms in total. The third kappa shape index (κ3) is 3.41. The average molecular weight is 336 g/mol. The van der Waals surface area contributed by atoms with Crippen molar-refractivity contribution in [3.63, 3.8) is 0 Å². The SMILES string of the molecule is C/C(=C\c1ccccc1C)c1cc(=O)c2cc(F)cc(C(C)C)c2o1. The summed E-state index contributed by atoms with van der Waals surface area (Å²) in [6.45, 7) is 7.86. The van der Waals surface area contributed by atoms with Gasteiger partial charge in [-0.05, 0) is 54.7 Å². The third-order valence-electron chi connectivity index (χ3n) is 4.39. The molecule has 3 heteroatoms. The van der Waals surface area contributed by atoms with Crippen molar-refractivity contribution >= 4 is 22.6 Å². The first-order chi connectivity index (χ1) is 11.9. The van der Waals surface area contributed by atoms with Crippen molar-refractivity contribution in [3.8, 4) is 0 Å². The smallest absolute Gasteiger partial charge is 0.193 e. The number of aryl methyl sites for hydroxylation is 1. The zero-order valence-electron chi connectivity index (χ0n) is 14.9. The van der Waals surface area contributed by atoms with Crippen molar-refractivity contribution in [2.45, 2.75) is 33.6 Å².